The molecule has 31 heavy (non-hydrogen) atoms. The molecule has 0 bridgehead atoms. The number of aryl methyl sites for hydroxylation is 1. The molecule has 166 valence electrons. The Morgan fingerprint density at radius 2 is 1.74 bits per heavy atom. The van der Waals surface area contributed by atoms with Gasteiger partial charge in [0, 0.05) is 24.4 Å². The van der Waals surface area contributed by atoms with Crippen molar-refractivity contribution in [1.82, 2.24) is 10.2 Å². The minimum absolute atomic E-state index is 0.141. The summed E-state index contributed by atoms with van der Waals surface area (Å²) in [5.41, 5.74) is -3.62. The molecule has 3 rings (SSSR count). The smallest absolute Gasteiger partial charge is 0.333 e. The number of nitrogens with one attached hydrogen (secondary N) is 1. The fraction of sp³-hybridized carbons (Fsp3) is 0.429. The van der Waals surface area contributed by atoms with Crippen molar-refractivity contribution in [2.75, 3.05) is 18.0 Å². The maximum Gasteiger partial charge on any atom is 0.425 e. The first-order chi connectivity index (χ1) is 14.4. The Kier molecular flexibility index (Phi) is 5.68. The first-order valence-electron chi connectivity index (χ1n) is 9.69. The second kappa shape index (κ2) is 7.82. The molecular formula is C21H22F3N3O4. The number of allylic oxidation sites excluding steroid dienone is 1. The van der Waals surface area contributed by atoms with Gasteiger partial charge in [0.05, 0.1) is 12.1 Å². The minimum atomic E-state index is -5.30. The van der Waals surface area contributed by atoms with E-state index in [2.05, 4.69) is 0 Å². The highest BCUT2D eigenvalue weighted by Gasteiger charge is 2.70. The molecule has 1 N–H and O–H groups in total. The Hall–Kier alpha value is -3.17. The number of nitrogens with zero attached hydrogens (tertiary/aromatic N) is 2. The van der Waals surface area contributed by atoms with Crippen LogP contribution in [0.5, 0.6) is 0 Å². The summed E-state index contributed by atoms with van der Waals surface area (Å²) in [7, 11) is 0. The van der Waals surface area contributed by atoms with Crippen LogP contribution in [0.15, 0.2) is 35.5 Å². The Labute approximate surface area is 176 Å². The lowest BCUT2D eigenvalue weighted by molar-refractivity contribution is -0.190. The maximum absolute atomic E-state index is 14.4. The van der Waals surface area contributed by atoms with E-state index in [0.29, 0.717) is 6.42 Å². The number of carbonyl (C=O) groups is 4. The molecule has 1 aromatic rings. The second-order valence-corrected chi connectivity index (χ2v) is 7.71. The van der Waals surface area contributed by atoms with Crippen molar-refractivity contribution in [2.45, 2.75) is 45.3 Å². The number of Topliss-reactive ketones (excluding diaryl/α,β-unsaturated/α-hetero) is 1. The van der Waals surface area contributed by atoms with Crippen LogP contribution in [0.1, 0.15) is 32.3 Å². The lowest BCUT2D eigenvalue weighted by atomic mass is 9.87. The number of amides is 3. The molecule has 2 aliphatic rings. The van der Waals surface area contributed by atoms with Gasteiger partial charge in [-0.3, -0.25) is 24.1 Å². The Bertz CT molecular complexity index is 985. The van der Waals surface area contributed by atoms with Gasteiger partial charge in [-0.05, 0) is 39.3 Å². The van der Waals surface area contributed by atoms with E-state index in [9.17, 15) is 32.3 Å². The van der Waals surface area contributed by atoms with Crippen LogP contribution in [0.25, 0.3) is 0 Å². The highest BCUT2D eigenvalue weighted by Crippen LogP contribution is 2.46. The van der Waals surface area contributed by atoms with Gasteiger partial charge in [-0.15, -0.1) is 0 Å². The van der Waals surface area contributed by atoms with Crippen LogP contribution in [0.2, 0.25) is 0 Å². The van der Waals surface area contributed by atoms with Gasteiger partial charge in [0.1, 0.15) is 0 Å². The van der Waals surface area contributed by atoms with Gasteiger partial charge < -0.3 is 10.2 Å². The van der Waals surface area contributed by atoms with Crippen molar-refractivity contribution >= 4 is 29.2 Å². The topological polar surface area (TPSA) is 86.8 Å². The van der Waals surface area contributed by atoms with Crippen LogP contribution in [-0.2, 0) is 19.2 Å². The summed E-state index contributed by atoms with van der Waals surface area (Å²) in [6, 6.07) is 6.17. The van der Waals surface area contributed by atoms with E-state index < -0.39 is 41.4 Å². The number of hydrogen-bond donors (Lipinski definition) is 1. The molecule has 0 aromatic heterocycles. The zero-order valence-corrected chi connectivity index (χ0v) is 17.3. The van der Waals surface area contributed by atoms with E-state index in [1.165, 1.54) is 19.1 Å². The van der Waals surface area contributed by atoms with Crippen molar-refractivity contribution in [2.24, 2.45) is 0 Å². The lowest BCUT2D eigenvalue weighted by Crippen LogP contribution is -2.67. The van der Waals surface area contributed by atoms with Crippen molar-refractivity contribution in [3.63, 3.8) is 0 Å². The van der Waals surface area contributed by atoms with E-state index in [-0.39, 0.29) is 30.3 Å². The zero-order chi connectivity index (χ0) is 23.1. The molecule has 10 heteroatoms. The molecule has 2 aliphatic heterocycles. The number of benzene rings is 1. The number of alkyl halides is 3. The van der Waals surface area contributed by atoms with Gasteiger partial charge in [0.25, 0.3) is 5.91 Å². The van der Waals surface area contributed by atoms with Crippen LogP contribution < -0.4 is 10.2 Å². The van der Waals surface area contributed by atoms with E-state index >= 15 is 0 Å². The number of halogens is 3. The fourth-order valence-corrected chi connectivity index (χ4v) is 4.08. The summed E-state index contributed by atoms with van der Waals surface area (Å²) in [6.07, 6.45) is -4.60. The number of hydrogen-bond acceptors (Lipinski definition) is 4. The first-order valence-corrected chi connectivity index (χ1v) is 9.69. The monoisotopic (exact) mass is 437 g/mol. The molecule has 0 radical (unpaired) electrons. The Balaban J connectivity index is 2.07. The quantitative estimate of drug-likeness (QED) is 0.766. The van der Waals surface area contributed by atoms with Crippen molar-refractivity contribution < 1.29 is 32.3 Å². The molecular weight excluding hydrogens is 415 g/mol. The third kappa shape index (κ3) is 3.70. The highest BCUT2D eigenvalue weighted by atomic mass is 19.4. The summed E-state index contributed by atoms with van der Waals surface area (Å²) in [5.74, 6) is -4.00. The van der Waals surface area contributed by atoms with Gasteiger partial charge in [-0.1, -0.05) is 17.7 Å². The van der Waals surface area contributed by atoms with E-state index in [4.69, 9.17) is 0 Å². The van der Waals surface area contributed by atoms with Crippen LogP contribution in [0.3, 0.4) is 0 Å². The molecule has 3 amide bonds. The normalized spacial score (nSPS) is 21.9. The Morgan fingerprint density at radius 1 is 1.13 bits per heavy atom. The van der Waals surface area contributed by atoms with E-state index in [1.807, 2.05) is 0 Å². The zero-order valence-electron chi connectivity index (χ0n) is 17.3. The molecule has 1 fully saturated rings. The average Bonchev–Trinajstić information content (AvgIpc) is 3.15. The summed E-state index contributed by atoms with van der Waals surface area (Å²) in [5, 5.41) is 1.77. The molecule has 0 saturated carbocycles. The van der Waals surface area contributed by atoms with Crippen molar-refractivity contribution in [3.8, 4) is 0 Å². The largest absolute Gasteiger partial charge is 0.425 e. The van der Waals surface area contributed by atoms with Crippen LogP contribution in [0.4, 0.5) is 18.9 Å². The first kappa shape index (κ1) is 22.5. The minimum Gasteiger partial charge on any atom is -0.333 e. The SMILES string of the molecule is CC(=O)C1=C(C)N(c2ccc(C)cc2)C(=O)[C@@]1(NC(=O)CN1CCCC1=O)C(F)(F)F. The molecule has 1 saturated heterocycles. The van der Waals surface area contributed by atoms with Crippen LogP contribution in [0, 0.1) is 6.92 Å². The Morgan fingerprint density at radius 3 is 2.23 bits per heavy atom. The third-order valence-corrected chi connectivity index (χ3v) is 5.50. The molecule has 1 aromatic carbocycles. The predicted molar refractivity (Wildman–Crippen MR) is 105 cm³/mol. The van der Waals surface area contributed by atoms with Gasteiger partial charge in [-0.2, -0.15) is 13.2 Å². The van der Waals surface area contributed by atoms with Gasteiger partial charge in [0.2, 0.25) is 17.4 Å². The summed E-state index contributed by atoms with van der Waals surface area (Å²) in [4.78, 5) is 51.8. The maximum atomic E-state index is 14.4. The second-order valence-electron chi connectivity index (χ2n) is 7.71. The third-order valence-electron chi connectivity index (χ3n) is 5.50. The van der Waals surface area contributed by atoms with Gasteiger partial charge in [-0.25, -0.2) is 0 Å². The van der Waals surface area contributed by atoms with Crippen LogP contribution >= 0.6 is 0 Å². The lowest BCUT2D eigenvalue weighted by Gasteiger charge is -2.33. The predicted octanol–water partition coefficient (Wildman–Crippen LogP) is 2.24. The molecule has 0 spiro atoms. The molecule has 0 unspecified atom stereocenters. The van der Waals surface area contributed by atoms with E-state index in [0.717, 1.165) is 22.3 Å². The molecule has 2 heterocycles. The average molecular weight is 437 g/mol. The number of likely N-dealkylation sites (tertiary alicyclic amines) is 1. The number of ketones is 1. The summed E-state index contributed by atoms with van der Waals surface area (Å²) >= 11 is 0. The molecule has 0 aliphatic carbocycles. The van der Waals surface area contributed by atoms with Gasteiger partial charge in [0.15, 0.2) is 5.78 Å². The molecule has 1 atom stereocenters. The standard InChI is InChI=1S/C21H22F3N3O4/c1-12-6-8-15(9-7-12)27-13(2)18(14(3)28)20(19(27)31,21(22,23)24)25-16(29)11-26-10-4-5-17(26)30/h6-9H,4-5,10-11H2,1-3H3,(H,25,29)/t20-/m1/s1. The number of carbonyl (C=O) groups excluding carboxylic acids is 4. The van der Waals surface area contributed by atoms with E-state index in [1.54, 1.807) is 24.4 Å². The number of rotatable bonds is 5. The van der Waals surface area contributed by atoms with Gasteiger partial charge >= 0.3 is 6.18 Å². The van der Waals surface area contributed by atoms with Crippen LogP contribution in [-0.4, -0.2) is 53.2 Å². The number of anilines is 1. The summed E-state index contributed by atoms with van der Waals surface area (Å²) in [6.45, 7) is 3.54. The summed E-state index contributed by atoms with van der Waals surface area (Å²) < 4.78 is 43.3. The fourth-order valence-electron chi connectivity index (χ4n) is 4.08. The van der Waals surface area contributed by atoms with Crippen molar-refractivity contribution in [3.05, 3.63) is 41.1 Å². The highest BCUT2D eigenvalue weighted by molar-refractivity contribution is 6.19. The molecule has 7 nitrogen and oxygen atoms in total. The van der Waals surface area contributed by atoms with Crippen molar-refractivity contribution in [1.29, 1.82) is 0 Å².